The molecule has 2 aromatic heterocycles. The van der Waals surface area contributed by atoms with Gasteiger partial charge in [-0.3, -0.25) is 19.5 Å². The lowest BCUT2D eigenvalue weighted by Crippen LogP contribution is -2.70. The number of nitrogen functional groups attached to an aromatic ring is 1. The average molecular weight is 616 g/mol. The zero-order chi connectivity index (χ0) is 27.4. The fraction of sp³-hybridized carbons (Fsp3) is 0.381. The van der Waals surface area contributed by atoms with Gasteiger partial charge in [0, 0.05) is 46.0 Å². The number of halogens is 1. The van der Waals surface area contributed by atoms with Crippen molar-refractivity contribution in [3.8, 4) is 0 Å². The van der Waals surface area contributed by atoms with Crippen molar-refractivity contribution in [3.63, 3.8) is 0 Å². The normalized spacial score (nSPS) is 19.5. The second-order valence-electron chi connectivity index (χ2n) is 7.93. The first-order valence-electron chi connectivity index (χ1n) is 11.1. The Balaban J connectivity index is 1.50. The van der Waals surface area contributed by atoms with E-state index in [1.165, 1.54) is 28.4 Å². The highest BCUT2D eigenvalue weighted by Crippen LogP contribution is 2.46. The molecule has 4 heterocycles. The fourth-order valence-corrected chi connectivity index (χ4v) is 8.31. The Morgan fingerprint density at radius 2 is 2.24 bits per heavy atom. The Bertz CT molecular complexity index is 1290. The van der Waals surface area contributed by atoms with Gasteiger partial charge in [-0.05, 0) is 23.9 Å². The minimum absolute atomic E-state index is 0.0459. The molecule has 17 heteroatoms. The maximum Gasteiger partial charge on any atom is 0.353 e. The topological polar surface area (TPSA) is 180 Å². The van der Waals surface area contributed by atoms with Gasteiger partial charge in [0.1, 0.15) is 27.1 Å². The first-order valence-corrected chi connectivity index (χ1v) is 15.3. The SMILES string of the molecule is CNCCSCc1cnccc1SC1=C(C(=O)O)N2C(=O)[C@@H](NC(=O)C(N=O)c3nc(N)sc3Cl)[C@@H]2SC1. The molecule has 5 N–H and O–H groups in total. The summed E-state index contributed by atoms with van der Waals surface area (Å²) in [6.45, 7) is 0.864. The van der Waals surface area contributed by atoms with E-state index in [1.54, 1.807) is 24.2 Å². The van der Waals surface area contributed by atoms with Crippen molar-refractivity contribution in [2.45, 2.75) is 28.1 Å². The highest BCUT2D eigenvalue weighted by Gasteiger charge is 2.55. The summed E-state index contributed by atoms with van der Waals surface area (Å²) in [4.78, 5) is 60.1. The number of β-lactam (4-membered cyclic amide) rings is 1. The van der Waals surface area contributed by atoms with Crippen LogP contribution < -0.4 is 16.4 Å². The maximum absolute atomic E-state index is 13.0. The number of carbonyl (C=O) groups excluding carboxylic acids is 2. The molecule has 0 spiro atoms. The molecule has 2 aromatic rings. The summed E-state index contributed by atoms with van der Waals surface area (Å²) in [5, 5.41) is 17.8. The Kier molecular flexibility index (Phi) is 9.54. The van der Waals surface area contributed by atoms with Crippen LogP contribution in [0.15, 0.2) is 39.1 Å². The van der Waals surface area contributed by atoms with Crippen LogP contribution in [0.25, 0.3) is 0 Å². The number of nitrogens with one attached hydrogen (secondary N) is 2. The van der Waals surface area contributed by atoms with E-state index in [-0.39, 0.29) is 20.9 Å². The molecular weight excluding hydrogens is 594 g/mol. The lowest BCUT2D eigenvalue weighted by molar-refractivity contribution is -0.150. The molecule has 0 aliphatic carbocycles. The van der Waals surface area contributed by atoms with Gasteiger partial charge < -0.3 is 21.5 Å². The lowest BCUT2D eigenvalue weighted by Gasteiger charge is -2.49. The largest absolute Gasteiger partial charge is 0.477 e. The van der Waals surface area contributed by atoms with Crippen LogP contribution in [0.5, 0.6) is 0 Å². The van der Waals surface area contributed by atoms with Gasteiger partial charge in [0.2, 0.25) is 6.04 Å². The van der Waals surface area contributed by atoms with Crippen molar-refractivity contribution in [1.82, 2.24) is 25.5 Å². The molecule has 202 valence electrons. The van der Waals surface area contributed by atoms with Crippen LogP contribution in [0, 0.1) is 4.91 Å². The lowest BCUT2D eigenvalue weighted by atomic mass is 10.0. The molecule has 1 unspecified atom stereocenters. The van der Waals surface area contributed by atoms with E-state index in [2.05, 4.69) is 25.8 Å². The van der Waals surface area contributed by atoms with Gasteiger partial charge in [-0.2, -0.15) is 11.8 Å². The number of hydrogen-bond acceptors (Lipinski definition) is 13. The van der Waals surface area contributed by atoms with Crippen LogP contribution in [0.3, 0.4) is 0 Å². The zero-order valence-corrected chi connectivity index (χ0v) is 23.8. The third kappa shape index (κ3) is 5.94. The van der Waals surface area contributed by atoms with Crippen LogP contribution in [-0.4, -0.2) is 74.3 Å². The van der Waals surface area contributed by atoms with E-state index in [0.717, 1.165) is 34.1 Å². The predicted molar refractivity (Wildman–Crippen MR) is 150 cm³/mol. The van der Waals surface area contributed by atoms with Crippen molar-refractivity contribution < 1.29 is 19.5 Å². The molecular formula is C21H22ClN7O5S4. The third-order valence-electron chi connectivity index (χ3n) is 5.52. The van der Waals surface area contributed by atoms with E-state index < -0.39 is 35.2 Å². The number of fused-ring (bicyclic) bond motifs is 1. The molecule has 2 aliphatic rings. The summed E-state index contributed by atoms with van der Waals surface area (Å²) < 4.78 is 0.0459. The first kappa shape index (κ1) is 28.6. The molecule has 2 aliphatic heterocycles. The molecule has 0 aromatic carbocycles. The van der Waals surface area contributed by atoms with Gasteiger partial charge in [-0.1, -0.05) is 34.7 Å². The number of anilines is 1. The highest BCUT2D eigenvalue weighted by molar-refractivity contribution is 8.06. The average Bonchev–Trinajstić information content (AvgIpc) is 3.23. The third-order valence-corrected chi connectivity index (χ3v) is 10.3. The van der Waals surface area contributed by atoms with Crippen LogP contribution in [0.4, 0.5) is 5.13 Å². The van der Waals surface area contributed by atoms with E-state index in [1.807, 2.05) is 13.1 Å². The van der Waals surface area contributed by atoms with Gasteiger partial charge in [0.05, 0.1) is 0 Å². The van der Waals surface area contributed by atoms with E-state index >= 15 is 0 Å². The number of thioether (sulfide) groups is 3. The highest BCUT2D eigenvalue weighted by atomic mass is 35.5. The summed E-state index contributed by atoms with van der Waals surface area (Å²) in [5.41, 5.74) is 6.34. The fourth-order valence-electron chi connectivity index (χ4n) is 3.73. The number of pyridine rings is 1. The quantitative estimate of drug-likeness (QED) is 0.156. The van der Waals surface area contributed by atoms with E-state index in [4.69, 9.17) is 17.3 Å². The molecule has 12 nitrogen and oxygen atoms in total. The van der Waals surface area contributed by atoms with Crippen LogP contribution >= 0.6 is 58.2 Å². The first-order chi connectivity index (χ1) is 18.3. The summed E-state index contributed by atoms with van der Waals surface area (Å²) in [5.74, 6) is -0.784. The van der Waals surface area contributed by atoms with Crippen molar-refractivity contribution in [3.05, 3.63) is 49.6 Å². The van der Waals surface area contributed by atoms with E-state index in [9.17, 15) is 24.4 Å². The predicted octanol–water partition coefficient (Wildman–Crippen LogP) is 2.52. The zero-order valence-electron chi connectivity index (χ0n) is 19.7. The monoisotopic (exact) mass is 615 g/mol. The molecule has 2 amide bonds. The number of carboxylic acid groups (broad SMARTS) is 1. The minimum atomic E-state index is -1.59. The Morgan fingerprint density at radius 1 is 1.45 bits per heavy atom. The molecule has 38 heavy (non-hydrogen) atoms. The number of nitrogens with zero attached hydrogens (tertiary/aromatic N) is 4. The van der Waals surface area contributed by atoms with Gasteiger partial charge in [-0.15, -0.1) is 16.7 Å². The molecule has 0 radical (unpaired) electrons. The number of aromatic nitrogens is 2. The van der Waals surface area contributed by atoms with Crippen LogP contribution in [-0.2, 0) is 20.1 Å². The second kappa shape index (κ2) is 12.7. The number of nitrogens with two attached hydrogens (primary N) is 1. The Morgan fingerprint density at radius 3 is 2.89 bits per heavy atom. The maximum atomic E-state index is 13.0. The number of hydrogen-bond donors (Lipinski definition) is 4. The molecule has 1 saturated heterocycles. The molecule has 0 saturated carbocycles. The second-order valence-corrected chi connectivity index (χ2v) is 12.9. The van der Waals surface area contributed by atoms with E-state index in [0.29, 0.717) is 16.4 Å². The van der Waals surface area contributed by atoms with Crippen LogP contribution in [0.1, 0.15) is 17.3 Å². The number of thiazole rings is 1. The summed E-state index contributed by atoms with van der Waals surface area (Å²) >= 11 is 11.2. The van der Waals surface area contributed by atoms with Gasteiger partial charge in [0.25, 0.3) is 11.8 Å². The molecule has 1 fully saturated rings. The smallest absolute Gasteiger partial charge is 0.353 e. The molecule has 3 atom stereocenters. The van der Waals surface area contributed by atoms with Gasteiger partial charge in [-0.25, -0.2) is 9.78 Å². The number of carbonyl (C=O) groups is 3. The number of rotatable bonds is 12. The Labute approximate surface area is 238 Å². The van der Waals surface area contributed by atoms with Gasteiger partial charge in [0.15, 0.2) is 5.13 Å². The number of carboxylic acids is 1. The van der Waals surface area contributed by atoms with Gasteiger partial charge >= 0.3 is 5.97 Å². The van der Waals surface area contributed by atoms with Crippen molar-refractivity contribution >= 4 is 81.1 Å². The minimum Gasteiger partial charge on any atom is -0.477 e. The summed E-state index contributed by atoms with van der Waals surface area (Å²) in [6, 6.07) is -0.804. The number of nitroso groups, excluding NO2 is 1. The molecule has 0 bridgehead atoms. The van der Waals surface area contributed by atoms with Crippen LogP contribution in [0.2, 0.25) is 4.34 Å². The number of amides is 2. The van der Waals surface area contributed by atoms with Crippen molar-refractivity contribution in [1.29, 1.82) is 0 Å². The van der Waals surface area contributed by atoms with Crippen molar-refractivity contribution in [2.24, 2.45) is 5.18 Å². The summed E-state index contributed by atoms with van der Waals surface area (Å²) in [6.07, 6.45) is 3.40. The summed E-state index contributed by atoms with van der Waals surface area (Å²) in [7, 11) is 1.89. The Hall–Kier alpha value is -2.37. The van der Waals surface area contributed by atoms with Crippen molar-refractivity contribution in [2.75, 3.05) is 30.8 Å². The number of aliphatic carboxylic acids is 1. The standard InChI is InChI=1S/C21H22ClN7O5S4/c1-24-4-5-35-7-9-6-25-3-2-10(9)37-11-8-36-19-14(18(31)29(19)15(11)20(32)33)26-17(30)13(28-34)12-16(22)38-21(23)27-12/h2-3,6,13-14,19,24H,4-5,7-8H2,1H3,(H2,23,27)(H,26,30)(H,32,33)/t13?,14-,19+/m1/s1. The molecule has 4 rings (SSSR count).